The van der Waals surface area contributed by atoms with Crippen LogP contribution in [0, 0.1) is 4.77 Å². The lowest BCUT2D eigenvalue weighted by atomic mass is 9.87. The molecule has 0 spiro atoms. The molecule has 1 N–H and O–H groups in total. The van der Waals surface area contributed by atoms with Gasteiger partial charge in [0.05, 0.1) is 13.0 Å². The highest BCUT2D eigenvalue weighted by Crippen LogP contribution is 2.22. The molecule has 6 heteroatoms. The van der Waals surface area contributed by atoms with E-state index in [4.69, 9.17) is 12.2 Å². The van der Waals surface area contributed by atoms with E-state index in [2.05, 4.69) is 55.2 Å². The van der Waals surface area contributed by atoms with E-state index in [1.54, 1.807) is 4.90 Å². The maximum atomic E-state index is 12.8. The Bertz CT molecular complexity index is 1010. The van der Waals surface area contributed by atoms with Gasteiger partial charge >= 0.3 is 0 Å². The van der Waals surface area contributed by atoms with E-state index < -0.39 is 0 Å². The molecule has 2 aromatic carbocycles. The Morgan fingerprint density at radius 3 is 2.34 bits per heavy atom. The minimum Gasteiger partial charge on any atom is -0.341 e. The third-order valence-corrected chi connectivity index (χ3v) is 5.31. The van der Waals surface area contributed by atoms with Crippen LogP contribution in [-0.2, 0) is 29.7 Å². The van der Waals surface area contributed by atoms with Gasteiger partial charge in [0.2, 0.25) is 5.91 Å². The van der Waals surface area contributed by atoms with E-state index in [0.29, 0.717) is 23.7 Å². The van der Waals surface area contributed by atoms with Crippen molar-refractivity contribution >= 4 is 18.1 Å². The summed E-state index contributed by atoms with van der Waals surface area (Å²) in [7, 11) is 1.82. The molecule has 0 radical (unpaired) electrons. The van der Waals surface area contributed by atoms with Gasteiger partial charge in [-0.1, -0.05) is 75.4 Å². The fraction of sp³-hybridized carbons (Fsp3) is 0.348. The van der Waals surface area contributed by atoms with Crippen molar-refractivity contribution in [3.05, 3.63) is 81.9 Å². The third-order valence-electron chi connectivity index (χ3n) is 5.00. The van der Waals surface area contributed by atoms with Crippen molar-refractivity contribution in [1.82, 2.24) is 19.7 Å². The number of carbonyl (C=O) groups is 1. The lowest BCUT2D eigenvalue weighted by Gasteiger charge is -2.21. The Kier molecular flexibility index (Phi) is 6.33. The number of nitrogens with one attached hydrogen (secondary N) is 1. The van der Waals surface area contributed by atoms with Crippen molar-refractivity contribution in [2.75, 3.05) is 7.05 Å². The molecule has 3 rings (SSSR count). The number of amides is 1. The highest BCUT2D eigenvalue weighted by molar-refractivity contribution is 7.71. The van der Waals surface area contributed by atoms with E-state index in [-0.39, 0.29) is 17.7 Å². The highest BCUT2D eigenvalue weighted by atomic mass is 32.1. The zero-order valence-corrected chi connectivity index (χ0v) is 18.3. The number of hydrogen-bond donors (Lipinski definition) is 1. The molecule has 0 aliphatic heterocycles. The summed E-state index contributed by atoms with van der Waals surface area (Å²) in [6, 6.07) is 18.5. The molecule has 0 aliphatic rings. The molecule has 0 saturated heterocycles. The monoisotopic (exact) mass is 408 g/mol. The largest absolute Gasteiger partial charge is 0.341 e. The van der Waals surface area contributed by atoms with Crippen molar-refractivity contribution in [2.45, 2.75) is 45.7 Å². The van der Waals surface area contributed by atoms with E-state index in [1.807, 2.05) is 41.9 Å². The molecule has 0 saturated carbocycles. The Morgan fingerprint density at radius 1 is 1.07 bits per heavy atom. The molecule has 0 fully saturated rings. The lowest BCUT2D eigenvalue weighted by Crippen LogP contribution is -2.29. The minimum atomic E-state index is 0.00760. The summed E-state index contributed by atoms with van der Waals surface area (Å²) < 4.78 is 2.41. The quantitative estimate of drug-likeness (QED) is 0.612. The number of carbonyl (C=O) groups excluding carboxylic acids is 1. The summed E-state index contributed by atoms with van der Waals surface area (Å²) in [6.07, 6.45) is 0.205. The molecule has 1 heterocycles. The van der Waals surface area contributed by atoms with Gasteiger partial charge in [-0.3, -0.25) is 14.5 Å². The van der Waals surface area contributed by atoms with Crippen LogP contribution in [0.25, 0.3) is 0 Å². The van der Waals surface area contributed by atoms with E-state index in [1.165, 1.54) is 5.56 Å². The summed E-state index contributed by atoms with van der Waals surface area (Å²) in [5.41, 5.74) is 3.63. The summed E-state index contributed by atoms with van der Waals surface area (Å²) >= 11 is 5.36. The predicted molar refractivity (Wildman–Crippen MR) is 118 cm³/mol. The van der Waals surface area contributed by atoms with Crippen molar-refractivity contribution < 1.29 is 4.79 Å². The van der Waals surface area contributed by atoms with Gasteiger partial charge in [0, 0.05) is 13.6 Å². The molecule has 0 unspecified atom stereocenters. The van der Waals surface area contributed by atoms with Gasteiger partial charge in [0.1, 0.15) is 5.82 Å². The molecule has 3 aromatic rings. The maximum absolute atomic E-state index is 12.8. The van der Waals surface area contributed by atoms with Crippen LogP contribution in [0.2, 0.25) is 0 Å². The van der Waals surface area contributed by atoms with Crippen LogP contribution in [0.3, 0.4) is 0 Å². The number of aromatic amines is 1. The van der Waals surface area contributed by atoms with E-state index >= 15 is 0 Å². The van der Waals surface area contributed by atoms with Crippen molar-refractivity contribution in [1.29, 1.82) is 0 Å². The lowest BCUT2D eigenvalue weighted by molar-refractivity contribution is -0.129. The van der Waals surface area contributed by atoms with Crippen molar-refractivity contribution in [3.8, 4) is 0 Å². The zero-order valence-electron chi connectivity index (χ0n) is 17.5. The minimum absolute atomic E-state index is 0.00760. The van der Waals surface area contributed by atoms with Crippen LogP contribution in [0.5, 0.6) is 0 Å². The molecule has 29 heavy (non-hydrogen) atoms. The fourth-order valence-corrected chi connectivity index (χ4v) is 3.37. The summed E-state index contributed by atoms with van der Waals surface area (Å²) in [5, 5.41) is 7.10. The van der Waals surface area contributed by atoms with Gasteiger partial charge < -0.3 is 4.90 Å². The number of likely N-dealkylation sites (N-methyl/N-ethyl adjacent to an activating group) is 1. The normalized spacial score (nSPS) is 11.4. The SMILES string of the molecule is CN(Cc1ccc(C(C)(C)C)cc1)C(=O)Cc1n[nH]c(=S)n1Cc1ccccc1. The van der Waals surface area contributed by atoms with Crippen molar-refractivity contribution in [2.24, 2.45) is 0 Å². The molecule has 0 atom stereocenters. The first kappa shape index (κ1) is 21.0. The van der Waals surface area contributed by atoms with Crippen LogP contribution in [0.1, 0.15) is 43.3 Å². The zero-order chi connectivity index (χ0) is 21.0. The van der Waals surface area contributed by atoms with Gasteiger partial charge in [0.25, 0.3) is 0 Å². The average Bonchev–Trinajstić information content (AvgIpc) is 3.02. The first-order valence-electron chi connectivity index (χ1n) is 9.75. The van der Waals surface area contributed by atoms with Gasteiger partial charge in [-0.25, -0.2) is 0 Å². The third kappa shape index (κ3) is 5.41. The number of hydrogen-bond acceptors (Lipinski definition) is 3. The first-order valence-corrected chi connectivity index (χ1v) is 10.2. The average molecular weight is 409 g/mol. The Morgan fingerprint density at radius 2 is 1.72 bits per heavy atom. The fourth-order valence-electron chi connectivity index (χ4n) is 3.16. The molecular formula is C23H28N4OS. The number of aromatic nitrogens is 3. The second kappa shape index (κ2) is 8.74. The number of benzene rings is 2. The molecule has 0 bridgehead atoms. The Balaban J connectivity index is 1.66. The topological polar surface area (TPSA) is 53.9 Å². The second-order valence-corrected chi connectivity index (χ2v) is 8.78. The molecule has 0 aliphatic carbocycles. The second-order valence-electron chi connectivity index (χ2n) is 8.39. The van der Waals surface area contributed by atoms with Crippen LogP contribution in [0.15, 0.2) is 54.6 Å². The van der Waals surface area contributed by atoms with E-state index in [0.717, 1.165) is 11.1 Å². The maximum Gasteiger partial charge on any atom is 0.230 e. The van der Waals surface area contributed by atoms with Crippen LogP contribution in [-0.4, -0.2) is 32.6 Å². The van der Waals surface area contributed by atoms with E-state index in [9.17, 15) is 4.79 Å². The number of nitrogens with zero attached hydrogens (tertiary/aromatic N) is 3. The summed E-state index contributed by atoms with van der Waals surface area (Å²) in [6.45, 7) is 7.74. The van der Waals surface area contributed by atoms with Gasteiger partial charge in [-0.2, -0.15) is 5.10 Å². The van der Waals surface area contributed by atoms with Crippen LogP contribution >= 0.6 is 12.2 Å². The Hall–Kier alpha value is -2.73. The van der Waals surface area contributed by atoms with Gasteiger partial charge in [0.15, 0.2) is 4.77 Å². The predicted octanol–water partition coefficient (Wildman–Crippen LogP) is 4.49. The molecule has 152 valence electrons. The smallest absolute Gasteiger partial charge is 0.230 e. The number of H-pyrrole nitrogens is 1. The standard InChI is InChI=1S/C23H28N4OS/c1-23(2,3)19-12-10-18(11-13-19)15-26(4)21(28)14-20-24-25-22(29)27(20)16-17-8-6-5-7-9-17/h5-13H,14-16H2,1-4H3,(H,25,29). The molecule has 5 nitrogen and oxygen atoms in total. The van der Waals surface area contributed by atoms with Crippen molar-refractivity contribution in [3.63, 3.8) is 0 Å². The van der Waals surface area contributed by atoms with Gasteiger partial charge in [-0.15, -0.1) is 0 Å². The summed E-state index contributed by atoms with van der Waals surface area (Å²) in [4.78, 5) is 14.5. The van der Waals surface area contributed by atoms with Gasteiger partial charge in [-0.05, 0) is 34.3 Å². The molecule has 1 aromatic heterocycles. The molecular weight excluding hydrogens is 380 g/mol. The van der Waals surface area contributed by atoms with Crippen LogP contribution < -0.4 is 0 Å². The van der Waals surface area contributed by atoms with Crippen LogP contribution in [0.4, 0.5) is 0 Å². The summed E-state index contributed by atoms with van der Waals surface area (Å²) in [5.74, 6) is 0.659. The first-order chi connectivity index (χ1) is 13.7. The highest BCUT2D eigenvalue weighted by Gasteiger charge is 2.17. The molecule has 1 amide bonds. The number of rotatable bonds is 6. The Labute approximate surface area is 177 Å².